The van der Waals surface area contributed by atoms with Gasteiger partial charge in [-0.05, 0) is 68.0 Å². The van der Waals surface area contributed by atoms with Crippen molar-refractivity contribution in [1.29, 1.82) is 0 Å². The van der Waals surface area contributed by atoms with Gasteiger partial charge >= 0.3 is 5.97 Å². The Morgan fingerprint density at radius 2 is 1.85 bits per heavy atom. The van der Waals surface area contributed by atoms with Gasteiger partial charge in [0.2, 0.25) is 5.91 Å². The van der Waals surface area contributed by atoms with Crippen LogP contribution in [0, 0.1) is 0 Å². The summed E-state index contributed by atoms with van der Waals surface area (Å²) in [4.78, 5) is 28.3. The first-order chi connectivity index (χ1) is 19.1. The van der Waals surface area contributed by atoms with Crippen molar-refractivity contribution in [2.24, 2.45) is 0 Å². The van der Waals surface area contributed by atoms with Gasteiger partial charge in [0.1, 0.15) is 12.4 Å². The normalized spacial score (nSPS) is 19.7. The highest BCUT2D eigenvalue weighted by Crippen LogP contribution is 2.38. The Balaban J connectivity index is 1.42. The number of allylic oxidation sites excluding steroid dienone is 1. The van der Waals surface area contributed by atoms with Crippen molar-refractivity contribution in [2.45, 2.75) is 57.7 Å². The number of ether oxygens (including phenoxy) is 3. The first-order valence-corrected chi connectivity index (χ1v) is 15.3. The van der Waals surface area contributed by atoms with E-state index in [1.165, 1.54) is 0 Å². The summed E-state index contributed by atoms with van der Waals surface area (Å²) in [5.74, 6) is -0.830. The number of hydrogen-bond acceptors (Lipinski definition) is 8. The van der Waals surface area contributed by atoms with E-state index in [9.17, 15) is 22.6 Å². The van der Waals surface area contributed by atoms with Crippen molar-refractivity contribution in [3.05, 3.63) is 76.0 Å². The van der Waals surface area contributed by atoms with Crippen LogP contribution in [0.1, 0.15) is 56.1 Å². The maximum atomic E-state index is 13.5. The van der Waals surface area contributed by atoms with Gasteiger partial charge in [0.15, 0.2) is 0 Å². The molecule has 0 saturated carbocycles. The lowest BCUT2D eigenvalue weighted by atomic mass is 9.83. The number of esters is 1. The minimum Gasteiger partial charge on any atom is -0.748 e. The van der Waals surface area contributed by atoms with Gasteiger partial charge in [0.25, 0.3) is 0 Å². The second-order valence-electron chi connectivity index (χ2n) is 9.98. The minimum absolute atomic E-state index is 0.0320. The molecule has 4 rings (SSSR count). The molecule has 0 unspecified atom stereocenters. The molecule has 2 heterocycles. The van der Waals surface area contributed by atoms with Crippen molar-refractivity contribution >= 4 is 33.6 Å². The first kappa shape index (κ1) is 30.0. The van der Waals surface area contributed by atoms with Crippen LogP contribution in [-0.2, 0) is 35.8 Å². The number of nitrogens with zero attached hydrogens (tertiary/aromatic N) is 1. The molecule has 0 N–H and O–H groups in total. The molecule has 0 bridgehead atoms. The maximum absolute atomic E-state index is 13.5. The molecule has 2 aromatic rings. The average molecular weight is 591 g/mol. The number of benzene rings is 2. The third-order valence-corrected chi connectivity index (χ3v) is 8.12. The largest absolute Gasteiger partial charge is 0.748 e. The van der Waals surface area contributed by atoms with E-state index in [4.69, 9.17) is 25.8 Å². The zero-order valence-electron chi connectivity index (χ0n) is 22.3. The maximum Gasteiger partial charge on any atom is 0.336 e. The first-order valence-electron chi connectivity index (χ1n) is 13.3. The Morgan fingerprint density at radius 1 is 1.12 bits per heavy atom. The number of rotatable bonds is 12. The molecule has 40 heavy (non-hydrogen) atoms. The monoisotopic (exact) mass is 590 g/mol. The number of carbonyl (C=O) groups is 2. The molecule has 2 aliphatic heterocycles. The molecule has 1 saturated heterocycles. The highest BCUT2D eigenvalue weighted by atomic mass is 35.5. The summed E-state index contributed by atoms with van der Waals surface area (Å²) in [6, 6.07) is 14.2. The molecule has 1 amide bonds. The smallest absolute Gasteiger partial charge is 0.336 e. The predicted molar refractivity (Wildman–Crippen MR) is 148 cm³/mol. The van der Waals surface area contributed by atoms with E-state index in [1.54, 1.807) is 48.2 Å². The quantitative estimate of drug-likeness (QED) is 0.200. The Hall–Kier alpha value is -2.92. The predicted octanol–water partition coefficient (Wildman–Crippen LogP) is 4.56. The number of amides is 1. The summed E-state index contributed by atoms with van der Waals surface area (Å²) < 4.78 is 49.1. The van der Waals surface area contributed by atoms with Crippen LogP contribution in [0.4, 0.5) is 0 Å². The number of unbranched alkanes of at least 4 members (excludes halogenated alkanes) is 1. The SMILES string of the molecule is CC1=C(C(=O)OCc2ccc(OCCCCS(=O)(=O)[O-])cc2)[C@H](c2ccc(Cl)cc2)CC(=O)N1C[C@H]1CCCO1. The van der Waals surface area contributed by atoms with Crippen molar-refractivity contribution in [2.75, 3.05) is 25.5 Å². The van der Waals surface area contributed by atoms with Crippen LogP contribution in [0.25, 0.3) is 0 Å². The Kier molecular flexibility index (Phi) is 10.2. The number of halogens is 1. The van der Waals surface area contributed by atoms with Gasteiger partial charge < -0.3 is 23.7 Å². The van der Waals surface area contributed by atoms with E-state index >= 15 is 0 Å². The third kappa shape index (κ3) is 8.30. The van der Waals surface area contributed by atoms with Crippen molar-refractivity contribution in [3.63, 3.8) is 0 Å². The standard InChI is InChI=1S/C29H34ClNO8S/c1-20-28(29(33)39-19-21-6-12-24(13-7-21)37-14-2-3-16-40(34,35)36)26(22-8-10-23(30)11-9-22)17-27(32)31(20)18-25-5-4-15-38-25/h6-13,25-26H,2-5,14-19H2,1H3,(H,34,35,36)/p-1/t25-,26+/m1/s1. The lowest BCUT2D eigenvalue weighted by molar-refractivity contribution is -0.141. The van der Waals surface area contributed by atoms with Crippen LogP contribution < -0.4 is 4.74 Å². The summed E-state index contributed by atoms with van der Waals surface area (Å²) in [5.41, 5.74) is 2.59. The number of hydrogen-bond donors (Lipinski definition) is 0. The Morgan fingerprint density at radius 3 is 2.50 bits per heavy atom. The van der Waals surface area contributed by atoms with E-state index < -0.39 is 27.8 Å². The molecular weight excluding hydrogens is 558 g/mol. The second kappa shape index (κ2) is 13.6. The molecule has 2 atom stereocenters. The highest BCUT2D eigenvalue weighted by Gasteiger charge is 2.38. The van der Waals surface area contributed by atoms with Crippen molar-refractivity contribution in [1.82, 2.24) is 4.90 Å². The molecule has 2 aromatic carbocycles. The van der Waals surface area contributed by atoms with E-state index in [2.05, 4.69) is 0 Å². The second-order valence-corrected chi connectivity index (χ2v) is 11.9. The van der Waals surface area contributed by atoms with Gasteiger partial charge in [-0.1, -0.05) is 35.9 Å². The van der Waals surface area contributed by atoms with Gasteiger partial charge in [0.05, 0.1) is 34.9 Å². The van der Waals surface area contributed by atoms with Gasteiger partial charge in [0, 0.05) is 35.4 Å². The molecule has 0 aromatic heterocycles. The van der Waals surface area contributed by atoms with Crippen molar-refractivity contribution < 1.29 is 36.8 Å². The topological polar surface area (TPSA) is 122 Å². The van der Waals surface area contributed by atoms with Crippen LogP contribution in [0.5, 0.6) is 5.75 Å². The fourth-order valence-corrected chi connectivity index (χ4v) is 5.63. The lowest BCUT2D eigenvalue weighted by Crippen LogP contribution is -2.42. The van der Waals surface area contributed by atoms with E-state index in [-0.39, 0.29) is 38.1 Å². The average Bonchev–Trinajstić information content (AvgIpc) is 3.43. The van der Waals surface area contributed by atoms with Gasteiger partial charge in [-0.3, -0.25) is 4.79 Å². The fraction of sp³-hybridized carbons (Fsp3) is 0.448. The molecule has 2 aliphatic rings. The van der Waals surface area contributed by atoms with Crippen LogP contribution >= 0.6 is 11.6 Å². The molecule has 0 aliphatic carbocycles. The van der Waals surface area contributed by atoms with Crippen LogP contribution in [0.15, 0.2) is 59.8 Å². The molecule has 216 valence electrons. The molecule has 0 spiro atoms. The molecule has 1 fully saturated rings. The fourth-order valence-electron chi connectivity index (χ4n) is 4.95. The summed E-state index contributed by atoms with van der Waals surface area (Å²) in [5, 5.41) is 0.568. The van der Waals surface area contributed by atoms with Crippen LogP contribution in [0.3, 0.4) is 0 Å². The van der Waals surface area contributed by atoms with Gasteiger partial charge in [-0.15, -0.1) is 0 Å². The summed E-state index contributed by atoms with van der Waals surface area (Å²) >= 11 is 6.08. The van der Waals surface area contributed by atoms with Crippen LogP contribution in [0.2, 0.25) is 5.02 Å². The molecular formula is C29H33ClNO8S-. The van der Waals surface area contributed by atoms with Gasteiger partial charge in [-0.2, -0.15) is 0 Å². The molecule has 9 nitrogen and oxygen atoms in total. The minimum atomic E-state index is -4.21. The molecule has 0 radical (unpaired) electrons. The number of carbonyl (C=O) groups excluding carboxylic acids is 2. The zero-order valence-corrected chi connectivity index (χ0v) is 23.9. The van der Waals surface area contributed by atoms with E-state index in [1.807, 2.05) is 12.1 Å². The highest BCUT2D eigenvalue weighted by molar-refractivity contribution is 7.85. The summed E-state index contributed by atoms with van der Waals surface area (Å²) in [6.07, 6.45) is 2.60. The van der Waals surface area contributed by atoms with Crippen LogP contribution in [-0.4, -0.2) is 61.4 Å². The lowest BCUT2D eigenvalue weighted by Gasteiger charge is -2.35. The zero-order chi connectivity index (χ0) is 28.7. The summed E-state index contributed by atoms with van der Waals surface area (Å²) in [7, 11) is -4.21. The van der Waals surface area contributed by atoms with Crippen molar-refractivity contribution in [3.8, 4) is 5.75 Å². The third-order valence-electron chi connectivity index (χ3n) is 7.08. The Labute approximate surface area is 239 Å². The Bertz CT molecular complexity index is 1320. The van der Waals surface area contributed by atoms with E-state index in [0.717, 1.165) is 24.0 Å². The molecule has 11 heteroatoms. The summed E-state index contributed by atoms with van der Waals surface area (Å²) in [6.45, 7) is 3.18. The van der Waals surface area contributed by atoms with Gasteiger partial charge in [-0.25, -0.2) is 13.2 Å². The van der Waals surface area contributed by atoms with E-state index in [0.29, 0.717) is 41.6 Å².